The van der Waals surface area contributed by atoms with Crippen LogP contribution < -0.4 is 14.2 Å². The third-order valence-corrected chi connectivity index (χ3v) is 3.23. The van der Waals surface area contributed by atoms with E-state index >= 15 is 0 Å². The van der Waals surface area contributed by atoms with Gasteiger partial charge < -0.3 is 14.2 Å². The number of hydrogen-bond acceptors (Lipinski definition) is 3. The minimum atomic E-state index is 0.780. The predicted molar refractivity (Wildman–Crippen MR) is 90.6 cm³/mol. The van der Waals surface area contributed by atoms with Gasteiger partial charge in [-0.3, -0.25) is 0 Å². The van der Waals surface area contributed by atoms with Crippen molar-refractivity contribution >= 4 is 12.2 Å². The maximum atomic E-state index is 5.36. The van der Waals surface area contributed by atoms with Crippen LogP contribution in [0.5, 0.6) is 17.2 Å². The maximum Gasteiger partial charge on any atom is 0.129 e. The smallest absolute Gasteiger partial charge is 0.129 e. The van der Waals surface area contributed by atoms with Gasteiger partial charge in [-0.05, 0) is 29.8 Å². The molecule has 0 N–H and O–H groups in total. The number of rotatable bonds is 6. The second-order valence-electron chi connectivity index (χ2n) is 4.60. The molecular weight excluding hydrogens is 276 g/mol. The fourth-order valence-corrected chi connectivity index (χ4v) is 2.00. The van der Waals surface area contributed by atoms with Gasteiger partial charge in [-0.1, -0.05) is 36.4 Å². The molecular formula is C19H20O3. The number of allylic oxidation sites excluding steroid dienone is 2. The van der Waals surface area contributed by atoms with Crippen LogP contribution >= 0.6 is 0 Å². The normalized spacial score (nSPS) is 11.0. The topological polar surface area (TPSA) is 27.7 Å². The summed E-state index contributed by atoms with van der Waals surface area (Å²) in [7, 11) is 4.96. The lowest BCUT2D eigenvalue weighted by molar-refractivity contribution is 0.394. The van der Waals surface area contributed by atoms with Gasteiger partial charge in [0.25, 0.3) is 0 Å². The molecule has 114 valence electrons. The van der Waals surface area contributed by atoms with E-state index in [1.165, 1.54) is 0 Å². The number of hydrogen-bond donors (Lipinski definition) is 0. The highest BCUT2D eigenvalue weighted by molar-refractivity contribution is 5.62. The van der Waals surface area contributed by atoms with E-state index < -0.39 is 0 Å². The van der Waals surface area contributed by atoms with Crippen molar-refractivity contribution in [3.8, 4) is 17.2 Å². The molecule has 0 fully saturated rings. The van der Waals surface area contributed by atoms with E-state index in [0.29, 0.717) is 0 Å². The van der Waals surface area contributed by atoms with Crippen molar-refractivity contribution in [2.24, 2.45) is 0 Å². The first-order valence-electron chi connectivity index (χ1n) is 6.97. The molecule has 2 aromatic rings. The minimum absolute atomic E-state index is 0.780. The molecule has 2 aromatic carbocycles. The Hall–Kier alpha value is -2.68. The van der Waals surface area contributed by atoms with Gasteiger partial charge in [0, 0.05) is 11.6 Å². The van der Waals surface area contributed by atoms with Gasteiger partial charge in [0.15, 0.2) is 0 Å². The van der Waals surface area contributed by atoms with Crippen LogP contribution in [0.25, 0.3) is 12.2 Å². The number of benzene rings is 2. The van der Waals surface area contributed by atoms with Crippen LogP contribution in [0.4, 0.5) is 0 Å². The molecule has 2 rings (SSSR count). The van der Waals surface area contributed by atoms with Crippen molar-refractivity contribution in [2.45, 2.75) is 0 Å². The first-order chi connectivity index (χ1) is 10.8. The highest BCUT2D eigenvalue weighted by Gasteiger charge is 2.01. The zero-order valence-electron chi connectivity index (χ0n) is 13.1. The molecule has 0 amide bonds. The quantitative estimate of drug-likeness (QED) is 0.738. The van der Waals surface area contributed by atoms with Crippen LogP contribution in [0.3, 0.4) is 0 Å². The van der Waals surface area contributed by atoms with Crippen LogP contribution in [0, 0.1) is 0 Å². The van der Waals surface area contributed by atoms with Gasteiger partial charge in [0.2, 0.25) is 0 Å². The zero-order valence-corrected chi connectivity index (χ0v) is 13.1. The van der Waals surface area contributed by atoms with Crippen molar-refractivity contribution in [3.05, 3.63) is 65.7 Å². The maximum absolute atomic E-state index is 5.36. The van der Waals surface area contributed by atoms with Gasteiger partial charge >= 0.3 is 0 Å². The second kappa shape index (κ2) is 7.93. The molecule has 0 aliphatic carbocycles. The van der Waals surface area contributed by atoms with Gasteiger partial charge in [0.1, 0.15) is 17.2 Å². The van der Waals surface area contributed by atoms with Crippen LogP contribution in [0.2, 0.25) is 0 Å². The summed E-state index contributed by atoms with van der Waals surface area (Å²) >= 11 is 0. The van der Waals surface area contributed by atoms with Crippen molar-refractivity contribution in [1.29, 1.82) is 0 Å². The largest absolute Gasteiger partial charge is 0.497 e. The summed E-state index contributed by atoms with van der Waals surface area (Å²) in [5, 5.41) is 0. The van der Waals surface area contributed by atoms with Crippen LogP contribution in [0.1, 0.15) is 11.1 Å². The molecule has 0 saturated heterocycles. The summed E-state index contributed by atoms with van der Waals surface area (Å²) in [5.41, 5.74) is 2.12. The lowest BCUT2D eigenvalue weighted by Gasteiger charge is -2.06. The van der Waals surface area contributed by atoms with E-state index in [2.05, 4.69) is 0 Å². The summed E-state index contributed by atoms with van der Waals surface area (Å²) < 4.78 is 15.7. The molecule has 0 heterocycles. The average molecular weight is 296 g/mol. The highest BCUT2D eigenvalue weighted by atomic mass is 16.5. The van der Waals surface area contributed by atoms with E-state index in [1.54, 1.807) is 21.3 Å². The first-order valence-corrected chi connectivity index (χ1v) is 6.97. The summed E-state index contributed by atoms with van der Waals surface area (Å²) in [6.45, 7) is 0. The fraction of sp³-hybridized carbons (Fsp3) is 0.158. The molecule has 0 atom stereocenters. The summed E-state index contributed by atoms with van der Waals surface area (Å²) in [6, 6.07) is 13.7. The lowest BCUT2D eigenvalue weighted by Crippen LogP contribution is -1.89. The monoisotopic (exact) mass is 296 g/mol. The molecule has 0 unspecified atom stereocenters. The zero-order chi connectivity index (χ0) is 15.8. The van der Waals surface area contributed by atoms with E-state index in [-0.39, 0.29) is 0 Å². The second-order valence-corrected chi connectivity index (χ2v) is 4.60. The van der Waals surface area contributed by atoms with Crippen LogP contribution in [-0.2, 0) is 0 Å². The van der Waals surface area contributed by atoms with Crippen molar-refractivity contribution in [2.75, 3.05) is 21.3 Å². The third-order valence-electron chi connectivity index (χ3n) is 3.23. The SMILES string of the molecule is COc1ccc(C=CC=Cc2ccc(OC)cc2OC)cc1. The number of ether oxygens (including phenoxy) is 3. The third kappa shape index (κ3) is 4.16. The molecule has 22 heavy (non-hydrogen) atoms. The predicted octanol–water partition coefficient (Wildman–Crippen LogP) is 4.44. The summed E-state index contributed by atoms with van der Waals surface area (Å²) in [5.74, 6) is 2.42. The van der Waals surface area contributed by atoms with Gasteiger partial charge in [-0.25, -0.2) is 0 Å². The van der Waals surface area contributed by atoms with Gasteiger partial charge in [-0.2, -0.15) is 0 Å². The molecule has 0 bridgehead atoms. The summed E-state index contributed by atoms with van der Waals surface area (Å²) in [6.07, 6.45) is 8.00. The van der Waals surface area contributed by atoms with Gasteiger partial charge in [-0.15, -0.1) is 0 Å². The van der Waals surface area contributed by atoms with E-state index in [0.717, 1.165) is 28.4 Å². The van der Waals surface area contributed by atoms with Crippen molar-refractivity contribution in [3.63, 3.8) is 0 Å². The average Bonchev–Trinajstić information content (AvgIpc) is 2.59. The van der Waals surface area contributed by atoms with E-state index in [1.807, 2.05) is 66.8 Å². The number of methoxy groups -OCH3 is 3. The molecule has 3 nitrogen and oxygen atoms in total. The standard InChI is InChI=1S/C19H20O3/c1-20-17-11-8-15(9-12-17)6-4-5-7-16-10-13-18(21-2)14-19(16)22-3/h4-14H,1-3H3. The highest BCUT2D eigenvalue weighted by Crippen LogP contribution is 2.25. The summed E-state index contributed by atoms with van der Waals surface area (Å²) in [4.78, 5) is 0. The Bertz CT molecular complexity index is 655. The van der Waals surface area contributed by atoms with Crippen molar-refractivity contribution in [1.82, 2.24) is 0 Å². The molecule has 3 heteroatoms. The first kappa shape index (κ1) is 15.7. The molecule has 0 aliphatic heterocycles. The Morgan fingerprint density at radius 1 is 0.682 bits per heavy atom. The lowest BCUT2D eigenvalue weighted by atomic mass is 10.1. The molecule has 0 aliphatic rings. The molecule has 0 radical (unpaired) electrons. The van der Waals surface area contributed by atoms with E-state index in [9.17, 15) is 0 Å². The Labute approximate surface area is 131 Å². The molecule has 0 saturated carbocycles. The minimum Gasteiger partial charge on any atom is -0.497 e. The van der Waals surface area contributed by atoms with Gasteiger partial charge in [0.05, 0.1) is 21.3 Å². The van der Waals surface area contributed by atoms with E-state index in [4.69, 9.17) is 14.2 Å². The molecule has 0 aromatic heterocycles. The Morgan fingerprint density at radius 2 is 1.32 bits per heavy atom. The Morgan fingerprint density at radius 3 is 1.95 bits per heavy atom. The van der Waals surface area contributed by atoms with Crippen LogP contribution in [-0.4, -0.2) is 21.3 Å². The van der Waals surface area contributed by atoms with Crippen LogP contribution in [0.15, 0.2) is 54.6 Å². The Kier molecular flexibility index (Phi) is 5.66. The molecule has 0 spiro atoms. The van der Waals surface area contributed by atoms with Crippen molar-refractivity contribution < 1.29 is 14.2 Å². The Balaban J connectivity index is 2.06. The fourth-order valence-electron chi connectivity index (χ4n) is 2.00.